The minimum atomic E-state index is 0.0338. The molecule has 0 aromatic carbocycles. The third kappa shape index (κ3) is 3.78. The number of alkyl halides is 1. The predicted octanol–water partition coefficient (Wildman–Crippen LogP) is 2.80. The van der Waals surface area contributed by atoms with Gasteiger partial charge in [-0.1, -0.05) is 27.4 Å². The third-order valence-electron chi connectivity index (χ3n) is 1.19. The Morgan fingerprint density at radius 3 is 2.30 bits per heavy atom. The van der Waals surface area contributed by atoms with E-state index in [1.54, 1.807) is 0 Å². The standard InChI is InChI=1S/C8H15ClO/c1-7(8(2,3)4)10-6-5-9/h1,5-6H2,2-4H3. The average molecular weight is 163 g/mol. The number of allylic oxidation sites excluding steroid dienone is 1. The molecule has 0 aromatic heterocycles. The molecule has 0 fully saturated rings. The van der Waals surface area contributed by atoms with Crippen molar-refractivity contribution < 1.29 is 4.74 Å². The molecule has 0 N–H and O–H groups in total. The van der Waals surface area contributed by atoms with Gasteiger partial charge in [0.2, 0.25) is 0 Å². The highest BCUT2D eigenvalue weighted by molar-refractivity contribution is 6.17. The van der Waals surface area contributed by atoms with Gasteiger partial charge < -0.3 is 4.74 Å². The van der Waals surface area contributed by atoms with Crippen molar-refractivity contribution in [1.82, 2.24) is 0 Å². The summed E-state index contributed by atoms with van der Waals surface area (Å²) in [6, 6.07) is 0. The second-order valence-corrected chi connectivity index (χ2v) is 3.59. The molecule has 0 aliphatic heterocycles. The van der Waals surface area contributed by atoms with E-state index in [4.69, 9.17) is 16.3 Å². The van der Waals surface area contributed by atoms with Crippen LogP contribution in [-0.2, 0) is 4.74 Å². The van der Waals surface area contributed by atoms with Crippen molar-refractivity contribution >= 4 is 11.6 Å². The van der Waals surface area contributed by atoms with E-state index in [1.807, 2.05) is 0 Å². The lowest BCUT2D eigenvalue weighted by molar-refractivity contribution is 0.167. The van der Waals surface area contributed by atoms with Gasteiger partial charge in [0.1, 0.15) is 6.61 Å². The summed E-state index contributed by atoms with van der Waals surface area (Å²) in [5.74, 6) is 1.32. The highest BCUT2D eigenvalue weighted by atomic mass is 35.5. The summed E-state index contributed by atoms with van der Waals surface area (Å²) in [7, 11) is 0. The fourth-order valence-corrected chi connectivity index (χ4v) is 0.455. The highest BCUT2D eigenvalue weighted by Gasteiger charge is 2.15. The second kappa shape index (κ2) is 3.87. The fourth-order valence-electron chi connectivity index (χ4n) is 0.378. The van der Waals surface area contributed by atoms with Crippen LogP contribution in [0.15, 0.2) is 12.3 Å². The molecule has 60 valence electrons. The third-order valence-corrected chi connectivity index (χ3v) is 1.34. The molecule has 0 atom stereocenters. The van der Waals surface area contributed by atoms with E-state index in [0.29, 0.717) is 12.5 Å². The molecule has 0 amide bonds. The Morgan fingerprint density at radius 1 is 1.50 bits per heavy atom. The van der Waals surface area contributed by atoms with Crippen LogP contribution in [0.5, 0.6) is 0 Å². The molecule has 0 saturated carbocycles. The van der Waals surface area contributed by atoms with E-state index in [9.17, 15) is 0 Å². The Balaban J connectivity index is 3.64. The lowest BCUT2D eigenvalue weighted by Crippen LogP contribution is -2.12. The summed E-state index contributed by atoms with van der Waals surface area (Å²) in [5.41, 5.74) is 0.0338. The van der Waals surface area contributed by atoms with Crippen LogP contribution in [0.1, 0.15) is 20.8 Å². The van der Waals surface area contributed by atoms with E-state index in [-0.39, 0.29) is 5.41 Å². The zero-order valence-corrected chi connectivity index (χ0v) is 7.66. The van der Waals surface area contributed by atoms with Crippen LogP contribution in [0.25, 0.3) is 0 Å². The molecule has 0 aliphatic carbocycles. The van der Waals surface area contributed by atoms with Crippen molar-refractivity contribution in [3.8, 4) is 0 Å². The molecule has 0 heterocycles. The van der Waals surface area contributed by atoms with Gasteiger partial charge in [-0.05, 0) is 0 Å². The number of hydrogen-bond donors (Lipinski definition) is 0. The number of rotatable bonds is 3. The lowest BCUT2D eigenvalue weighted by Gasteiger charge is -2.21. The maximum atomic E-state index is 5.43. The van der Waals surface area contributed by atoms with Gasteiger partial charge in [-0.25, -0.2) is 0 Å². The molecule has 0 aromatic rings. The van der Waals surface area contributed by atoms with E-state index in [1.165, 1.54) is 0 Å². The van der Waals surface area contributed by atoms with Gasteiger partial charge in [0.15, 0.2) is 0 Å². The molecular weight excluding hydrogens is 148 g/mol. The summed E-state index contributed by atoms with van der Waals surface area (Å²) in [6.07, 6.45) is 0. The van der Waals surface area contributed by atoms with Crippen molar-refractivity contribution in [3.63, 3.8) is 0 Å². The Kier molecular flexibility index (Phi) is 3.80. The molecule has 0 unspecified atom stereocenters. The molecule has 10 heavy (non-hydrogen) atoms. The summed E-state index contributed by atoms with van der Waals surface area (Å²) < 4.78 is 5.23. The second-order valence-electron chi connectivity index (χ2n) is 3.21. The highest BCUT2D eigenvalue weighted by Crippen LogP contribution is 2.23. The topological polar surface area (TPSA) is 9.23 Å². The van der Waals surface area contributed by atoms with Crippen molar-refractivity contribution in [2.24, 2.45) is 5.41 Å². The maximum absolute atomic E-state index is 5.43. The van der Waals surface area contributed by atoms with Gasteiger partial charge >= 0.3 is 0 Å². The van der Waals surface area contributed by atoms with Crippen molar-refractivity contribution in [2.45, 2.75) is 20.8 Å². The van der Waals surface area contributed by atoms with Crippen LogP contribution in [0, 0.1) is 5.41 Å². The van der Waals surface area contributed by atoms with Gasteiger partial charge in [-0.3, -0.25) is 0 Å². The van der Waals surface area contributed by atoms with Gasteiger partial charge in [-0.15, -0.1) is 11.6 Å². The minimum absolute atomic E-state index is 0.0338. The molecule has 0 aliphatic rings. The molecule has 0 radical (unpaired) electrons. The van der Waals surface area contributed by atoms with Crippen LogP contribution >= 0.6 is 11.6 Å². The fraction of sp³-hybridized carbons (Fsp3) is 0.750. The number of hydrogen-bond acceptors (Lipinski definition) is 1. The lowest BCUT2D eigenvalue weighted by atomic mass is 9.95. The van der Waals surface area contributed by atoms with Crippen molar-refractivity contribution in [2.75, 3.05) is 12.5 Å². The first-order chi connectivity index (χ1) is 4.48. The Morgan fingerprint density at radius 2 is 2.00 bits per heavy atom. The molecular formula is C8H15ClO. The van der Waals surface area contributed by atoms with Crippen LogP contribution < -0.4 is 0 Å². The monoisotopic (exact) mass is 162 g/mol. The average Bonchev–Trinajstić information content (AvgIpc) is 1.80. The van der Waals surface area contributed by atoms with Crippen LogP contribution in [-0.4, -0.2) is 12.5 Å². The Hall–Kier alpha value is -0.170. The van der Waals surface area contributed by atoms with Gasteiger partial charge in [0, 0.05) is 5.41 Å². The number of ether oxygens (including phenoxy) is 1. The SMILES string of the molecule is C=C(OCCCl)C(C)(C)C. The first kappa shape index (κ1) is 9.83. The Labute approximate surface area is 68.0 Å². The molecule has 0 bridgehead atoms. The zero-order chi connectivity index (χ0) is 8.20. The van der Waals surface area contributed by atoms with E-state index >= 15 is 0 Å². The smallest absolute Gasteiger partial charge is 0.101 e. The predicted molar refractivity (Wildman–Crippen MR) is 45.3 cm³/mol. The first-order valence-corrected chi connectivity index (χ1v) is 3.90. The quantitative estimate of drug-likeness (QED) is 0.458. The van der Waals surface area contributed by atoms with Gasteiger partial charge in [0.25, 0.3) is 0 Å². The van der Waals surface area contributed by atoms with E-state index < -0.39 is 0 Å². The zero-order valence-electron chi connectivity index (χ0n) is 6.91. The normalized spacial score (nSPS) is 11.2. The molecule has 2 heteroatoms. The van der Waals surface area contributed by atoms with Crippen LogP contribution in [0.4, 0.5) is 0 Å². The first-order valence-electron chi connectivity index (χ1n) is 3.36. The molecule has 0 saturated heterocycles. The van der Waals surface area contributed by atoms with Crippen LogP contribution in [0.2, 0.25) is 0 Å². The van der Waals surface area contributed by atoms with E-state index in [2.05, 4.69) is 27.4 Å². The molecule has 1 nitrogen and oxygen atoms in total. The largest absolute Gasteiger partial charge is 0.497 e. The molecule has 0 spiro atoms. The van der Waals surface area contributed by atoms with Gasteiger partial charge in [0.05, 0.1) is 11.6 Å². The minimum Gasteiger partial charge on any atom is -0.497 e. The van der Waals surface area contributed by atoms with E-state index in [0.717, 1.165) is 5.76 Å². The van der Waals surface area contributed by atoms with Crippen molar-refractivity contribution in [3.05, 3.63) is 12.3 Å². The summed E-state index contributed by atoms with van der Waals surface area (Å²) in [6.45, 7) is 10.5. The Bertz CT molecular complexity index is 113. The summed E-state index contributed by atoms with van der Waals surface area (Å²) >= 11 is 5.43. The number of halogens is 1. The summed E-state index contributed by atoms with van der Waals surface area (Å²) in [5, 5.41) is 0. The molecule has 0 rings (SSSR count). The summed E-state index contributed by atoms with van der Waals surface area (Å²) in [4.78, 5) is 0. The maximum Gasteiger partial charge on any atom is 0.101 e. The van der Waals surface area contributed by atoms with Gasteiger partial charge in [-0.2, -0.15) is 0 Å². The van der Waals surface area contributed by atoms with Crippen molar-refractivity contribution in [1.29, 1.82) is 0 Å². The van der Waals surface area contributed by atoms with Crippen LogP contribution in [0.3, 0.4) is 0 Å².